The second-order valence-corrected chi connectivity index (χ2v) is 4.06. The van der Waals surface area contributed by atoms with Gasteiger partial charge in [-0.05, 0) is 0 Å². The van der Waals surface area contributed by atoms with E-state index >= 15 is 0 Å². The van der Waals surface area contributed by atoms with Gasteiger partial charge in [-0.15, -0.1) is 0 Å². The monoisotopic (exact) mass is 246 g/mol. The molecule has 2 rings (SSSR count). The number of aliphatic hydroxyl groups excluding tert-OH is 3. The van der Waals surface area contributed by atoms with Crippen molar-refractivity contribution in [2.24, 2.45) is 0 Å². The summed E-state index contributed by atoms with van der Waals surface area (Å²) < 4.78 is 5.23. The van der Waals surface area contributed by atoms with E-state index in [4.69, 9.17) is 9.84 Å². The molecule has 2 aliphatic rings. The molecule has 0 aromatic heterocycles. The number of amides is 3. The number of carbonyl (C=O) groups is 2. The Kier molecular flexibility index (Phi) is 3.29. The van der Waals surface area contributed by atoms with Gasteiger partial charge in [0, 0.05) is 6.42 Å². The summed E-state index contributed by atoms with van der Waals surface area (Å²) in [7, 11) is 0. The molecule has 0 spiro atoms. The fourth-order valence-corrected chi connectivity index (χ4v) is 2.01. The molecule has 0 aromatic rings. The van der Waals surface area contributed by atoms with Gasteiger partial charge in [-0.2, -0.15) is 0 Å². The average molecular weight is 246 g/mol. The molecule has 2 aliphatic heterocycles. The first kappa shape index (κ1) is 12.2. The van der Waals surface area contributed by atoms with Crippen LogP contribution in [0.3, 0.4) is 0 Å². The molecule has 0 aliphatic carbocycles. The minimum absolute atomic E-state index is 0.0872. The van der Waals surface area contributed by atoms with Crippen LogP contribution in [0.4, 0.5) is 4.79 Å². The van der Waals surface area contributed by atoms with Crippen molar-refractivity contribution >= 4 is 11.9 Å². The van der Waals surface area contributed by atoms with E-state index in [1.165, 1.54) is 0 Å². The first-order valence-corrected chi connectivity index (χ1v) is 5.27. The van der Waals surface area contributed by atoms with Crippen LogP contribution in [0, 0.1) is 0 Å². The molecular formula is C9H14N2O6. The van der Waals surface area contributed by atoms with E-state index in [2.05, 4.69) is 0 Å². The van der Waals surface area contributed by atoms with Crippen LogP contribution in [0.25, 0.3) is 0 Å². The van der Waals surface area contributed by atoms with Crippen LogP contribution in [0.2, 0.25) is 0 Å². The minimum Gasteiger partial charge on any atom is -0.394 e. The van der Waals surface area contributed by atoms with Gasteiger partial charge < -0.3 is 20.1 Å². The number of ether oxygens (including phenoxy) is 1. The zero-order chi connectivity index (χ0) is 12.6. The van der Waals surface area contributed by atoms with Crippen molar-refractivity contribution in [1.29, 1.82) is 0 Å². The number of imide groups is 1. The molecule has 2 unspecified atom stereocenters. The summed E-state index contributed by atoms with van der Waals surface area (Å²) in [6.07, 6.45) is -3.94. The number of urea groups is 1. The maximum Gasteiger partial charge on any atom is 0.328 e. The van der Waals surface area contributed by atoms with Gasteiger partial charge in [0.2, 0.25) is 5.91 Å². The molecule has 2 fully saturated rings. The molecule has 2 heterocycles. The highest BCUT2D eigenvalue weighted by atomic mass is 16.5. The molecule has 0 saturated carbocycles. The van der Waals surface area contributed by atoms with Crippen LogP contribution in [0.5, 0.6) is 0 Å². The van der Waals surface area contributed by atoms with Gasteiger partial charge in [-0.25, -0.2) is 4.79 Å². The summed E-state index contributed by atoms with van der Waals surface area (Å²) in [6, 6.07) is -0.760. The third kappa shape index (κ3) is 2.25. The molecule has 0 radical (unpaired) electrons. The first-order valence-electron chi connectivity index (χ1n) is 5.27. The molecule has 3 amide bonds. The Morgan fingerprint density at radius 1 is 1.41 bits per heavy atom. The topological polar surface area (TPSA) is 119 Å². The lowest BCUT2D eigenvalue weighted by molar-refractivity contribution is -0.141. The zero-order valence-corrected chi connectivity index (χ0v) is 8.94. The first-order chi connectivity index (χ1) is 8.02. The summed E-state index contributed by atoms with van der Waals surface area (Å²) in [6.45, 7) is -0.373. The van der Waals surface area contributed by atoms with E-state index in [9.17, 15) is 19.8 Å². The Bertz CT molecular complexity index is 335. The van der Waals surface area contributed by atoms with Crippen molar-refractivity contribution in [3.8, 4) is 0 Å². The SMILES string of the molecule is O=C1CC(O)N([C@@H]2CC(O)[C@H](CO)O2)C(=O)N1. The molecule has 2 saturated heterocycles. The van der Waals surface area contributed by atoms with Gasteiger partial charge >= 0.3 is 6.03 Å². The third-order valence-electron chi connectivity index (χ3n) is 2.86. The quantitative estimate of drug-likeness (QED) is 0.435. The fourth-order valence-electron chi connectivity index (χ4n) is 2.01. The second kappa shape index (κ2) is 4.57. The standard InChI is InChI=1S/C9H14N2O6/c12-3-5-4(13)1-8(17-5)11-7(15)2-6(14)10-9(11)16/h4-5,7-8,12-13,15H,1-3H2,(H,10,14,16)/t4?,5-,7?,8-/m0/s1. The summed E-state index contributed by atoms with van der Waals surface area (Å²) >= 11 is 0. The number of nitrogens with zero attached hydrogens (tertiary/aromatic N) is 1. The van der Waals surface area contributed by atoms with Crippen molar-refractivity contribution in [2.45, 2.75) is 37.5 Å². The predicted molar refractivity (Wildman–Crippen MR) is 52.4 cm³/mol. The van der Waals surface area contributed by atoms with Crippen molar-refractivity contribution in [3.63, 3.8) is 0 Å². The third-order valence-corrected chi connectivity index (χ3v) is 2.86. The van der Waals surface area contributed by atoms with Crippen LogP contribution < -0.4 is 5.32 Å². The van der Waals surface area contributed by atoms with E-state index in [1.807, 2.05) is 5.32 Å². The molecule has 4 N–H and O–H groups in total. The number of hydrogen-bond donors (Lipinski definition) is 4. The maximum absolute atomic E-state index is 11.5. The van der Waals surface area contributed by atoms with Crippen molar-refractivity contribution in [1.82, 2.24) is 10.2 Å². The zero-order valence-electron chi connectivity index (χ0n) is 8.94. The summed E-state index contributed by atoms with van der Waals surface area (Å²) in [4.78, 5) is 23.5. The van der Waals surface area contributed by atoms with E-state index < -0.39 is 36.6 Å². The normalized spacial score (nSPS) is 38.4. The Morgan fingerprint density at radius 3 is 2.65 bits per heavy atom. The van der Waals surface area contributed by atoms with Crippen molar-refractivity contribution < 1.29 is 29.6 Å². The molecule has 96 valence electrons. The highest BCUT2D eigenvalue weighted by Crippen LogP contribution is 2.26. The lowest BCUT2D eigenvalue weighted by Crippen LogP contribution is -2.58. The molecule has 0 aromatic carbocycles. The largest absolute Gasteiger partial charge is 0.394 e. The van der Waals surface area contributed by atoms with Crippen LogP contribution in [0.1, 0.15) is 12.8 Å². The maximum atomic E-state index is 11.5. The predicted octanol–water partition coefficient (Wildman–Crippen LogP) is -2.29. The van der Waals surface area contributed by atoms with E-state index in [0.717, 1.165) is 4.90 Å². The summed E-state index contributed by atoms with van der Waals surface area (Å²) in [5.74, 6) is -0.559. The van der Waals surface area contributed by atoms with Crippen LogP contribution >= 0.6 is 0 Å². The lowest BCUT2D eigenvalue weighted by Gasteiger charge is -2.35. The second-order valence-electron chi connectivity index (χ2n) is 4.06. The van der Waals surface area contributed by atoms with Crippen LogP contribution in [-0.2, 0) is 9.53 Å². The lowest BCUT2D eigenvalue weighted by atomic mass is 10.1. The molecule has 17 heavy (non-hydrogen) atoms. The Morgan fingerprint density at radius 2 is 2.12 bits per heavy atom. The van der Waals surface area contributed by atoms with E-state index in [1.54, 1.807) is 0 Å². The van der Waals surface area contributed by atoms with Crippen molar-refractivity contribution in [3.05, 3.63) is 0 Å². The van der Waals surface area contributed by atoms with Crippen LogP contribution in [-0.4, -0.2) is 63.4 Å². The van der Waals surface area contributed by atoms with Gasteiger partial charge in [0.1, 0.15) is 18.6 Å². The Hall–Kier alpha value is -1.22. The van der Waals surface area contributed by atoms with Gasteiger partial charge in [-0.3, -0.25) is 15.0 Å². The fraction of sp³-hybridized carbons (Fsp3) is 0.778. The van der Waals surface area contributed by atoms with Gasteiger partial charge in [0.25, 0.3) is 0 Å². The highest BCUT2D eigenvalue weighted by Gasteiger charge is 2.43. The summed E-state index contributed by atoms with van der Waals surface area (Å²) in [5.41, 5.74) is 0. The molecule has 4 atom stereocenters. The molecule has 8 nitrogen and oxygen atoms in total. The van der Waals surface area contributed by atoms with Crippen LogP contribution in [0.15, 0.2) is 0 Å². The Labute approximate surface area is 96.8 Å². The number of nitrogens with one attached hydrogen (secondary N) is 1. The van der Waals surface area contributed by atoms with Gasteiger partial charge in [0.05, 0.1) is 19.1 Å². The molecule has 0 bridgehead atoms. The number of carbonyl (C=O) groups excluding carboxylic acids is 2. The number of hydrogen-bond acceptors (Lipinski definition) is 6. The molecular weight excluding hydrogens is 232 g/mol. The van der Waals surface area contributed by atoms with E-state index in [-0.39, 0.29) is 19.4 Å². The highest BCUT2D eigenvalue weighted by molar-refractivity contribution is 5.97. The minimum atomic E-state index is -1.27. The molecule has 8 heteroatoms. The van der Waals surface area contributed by atoms with Crippen molar-refractivity contribution in [2.75, 3.05) is 6.61 Å². The summed E-state index contributed by atoms with van der Waals surface area (Å²) in [5, 5.41) is 30.1. The average Bonchev–Trinajstić information content (AvgIpc) is 2.57. The van der Waals surface area contributed by atoms with Gasteiger partial charge in [-0.1, -0.05) is 0 Å². The smallest absolute Gasteiger partial charge is 0.328 e. The Balaban J connectivity index is 2.07. The van der Waals surface area contributed by atoms with E-state index in [0.29, 0.717) is 0 Å². The number of aliphatic hydroxyl groups is 3. The van der Waals surface area contributed by atoms with Gasteiger partial charge in [0.15, 0.2) is 0 Å². The number of rotatable bonds is 2.